The highest BCUT2D eigenvalue weighted by molar-refractivity contribution is 6.06. The predicted molar refractivity (Wildman–Crippen MR) is 112 cm³/mol. The first kappa shape index (κ1) is 20.3. The number of benzene rings is 1. The van der Waals surface area contributed by atoms with Crippen LogP contribution in [0.4, 0.5) is 0 Å². The van der Waals surface area contributed by atoms with Gasteiger partial charge in [0.1, 0.15) is 35.4 Å². The number of nitrogens with zero attached hydrogens (tertiary/aromatic N) is 3. The normalized spacial score (nSPS) is 16.2. The van der Waals surface area contributed by atoms with E-state index in [0.717, 1.165) is 11.3 Å². The van der Waals surface area contributed by atoms with Gasteiger partial charge in [0.05, 0.1) is 5.69 Å². The molecule has 29 heavy (non-hydrogen) atoms. The number of hydrogen-bond donors (Lipinski definition) is 2. The molecule has 1 aromatic carbocycles. The number of aliphatic imine (C=N–C) groups is 1. The van der Waals surface area contributed by atoms with Crippen molar-refractivity contribution in [2.75, 3.05) is 7.05 Å². The van der Waals surface area contributed by atoms with Crippen molar-refractivity contribution in [2.24, 2.45) is 10.7 Å². The average molecular weight is 397 g/mol. The van der Waals surface area contributed by atoms with Crippen molar-refractivity contribution >= 4 is 11.7 Å². The van der Waals surface area contributed by atoms with Gasteiger partial charge in [-0.25, -0.2) is 9.97 Å². The molecule has 1 aromatic heterocycles. The molecule has 2 aromatic rings. The van der Waals surface area contributed by atoms with Crippen molar-refractivity contribution in [1.82, 2.24) is 15.3 Å². The lowest BCUT2D eigenvalue weighted by atomic mass is 9.99. The topological polar surface area (TPSA) is 112 Å². The van der Waals surface area contributed by atoms with Crippen LogP contribution < -0.4 is 20.5 Å². The van der Waals surface area contributed by atoms with Crippen LogP contribution in [0.5, 0.6) is 11.5 Å². The molecule has 1 aliphatic heterocycles. The zero-order valence-corrected chi connectivity index (χ0v) is 17.0. The van der Waals surface area contributed by atoms with Gasteiger partial charge in [0.25, 0.3) is 5.91 Å². The summed E-state index contributed by atoms with van der Waals surface area (Å²) in [6.45, 7) is 5.87. The molecule has 1 unspecified atom stereocenters. The van der Waals surface area contributed by atoms with Crippen molar-refractivity contribution in [3.63, 3.8) is 0 Å². The molecule has 1 atom stereocenters. The van der Waals surface area contributed by atoms with Crippen molar-refractivity contribution in [3.05, 3.63) is 59.8 Å². The van der Waals surface area contributed by atoms with Crippen molar-refractivity contribution in [2.45, 2.75) is 38.9 Å². The van der Waals surface area contributed by atoms with E-state index in [-0.39, 0.29) is 13.4 Å². The fourth-order valence-corrected chi connectivity index (χ4v) is 3.05. The highest BCUT2D eigenvalue weighted by Gasteiger charge is 2.34. The van der Waals surface area contributed by atoms with E-state index in [4.69, 9.17) is 15.2 Å². The summed E-state index contributed by atoms with van der Waals surface area (Å²) in [4.78, 5) is 24.7. The van der Waals surface area contributed by atoms with Gasteiger partial charge in [-0.15, -0.1) is 0 Å². The third-order valence-electron chi connectivity index (χ3n) is 4.38. The Morgan fingerprint density at radius 2 is 2.28 bits per heavy atom. The van der Waals surface area contributed by atoms with Crippen LogP contribution in [0.1, 0.15) is 49.9 Å². The fourth-order valence-electron chi connectivity index (χ4n) is 3.05. The maximum absolute atomic E-state index is 12.6. The Kier molecular flexibility index (Phi) is 5.81. The van der Waals surface area contributed by atoms with Gasteiger partial charge >= 0.3 is 0 Å². The van der Waals surface area contributed by atoms with Crippen LogP contribution in [0.2, 0.25) is 0 Å². The van der Waals surface area contributed by atoms with Crippen LogP contribution >= 0.6 is 0 Å². The Labute approximate surface area is 171 Å². The highest BCUT2D eigenvalue weighted by Crippen LogP contribution is 2.42. The summed E-state index contributed by atoms with van der Waals surface area (Å²) < 4.78 is 12.2. The summed E-state index contributed by atoms with van der Waals surface area (Å²) in [5, 5.41) is 2.80. The molecule has 1 aliphatic rings. The Bertz CT molecular complexity index is 961. The number of fused-ring (bicyclic) bond motifs is 1. The van der Waals surface area contributed by atoms with Crippen LogP contribution in [0.3, 0.4) is 0 Å². The minimum atomic E-state index is -0.473. The van der Waals surface area contributed by atoms with E-state index in [9.17, 15) is 4.79 Å². The van der Waals surface area contributed by atoms with Gasteiger partial charge in [0.15, 0.2) is 0 Å². The molecule has 8 heteroatoms. The summed E-state index contributed by atoms with van der Waals surface area (Å²) in [6.07, 6.45) is 6.58. The van der Waals surface area contributed by atoms with E-state index in [1.54, 1.807) is 37.6 Å². The second-order valence-corrected chi connectivity index (χ2v) is 7.35. The highest BCUT2D eigenvalue weighted by atomic mass is 16.5. The number of amidine groups is 1. The number of ether oxygens (including phenoxy) is 2. The lowest BCUT2D eigenvalue weighted by Crippen LogP contribution is -2.24. The van der Waals surface area contributed by atoms with Gasteiger partial charge in [0.2, 0.25) is 0 Å². The number of hydrogen-bond acceptors (Lipinski definition) is 6. The molecule has 8 nitrogen and oxygen atoms in total. The molecule has 1 amide bonds. The molecule has 2 heterocycles. The third-order valence-corrected chi connectivity index (χ3v) is 4.38. The number of amides is 1. The Morgan fingerprint density at radius 3 is 2.97 bits per heavy atom. The van der Waals surface area contributed by atoms with Gasteiger partial charge in [-0.2, -0.15) is 4.99 Å². The van der Waals surface area contributed by atoms with E-state index >= 15 is 0 Å². The SMILES string of the molecule is CN/C=C\C(N)=NC(=O)c1cc(OC(C)c2ccncn2)c2c(c1)OC(C)(C)C2.[HH]. The zero-order valence-electron chi connectivity index (χ0n) is 17.0. The van der Waals surface area contributed by atoms with E-state index in [2.05, 4.69) is 20.3 Å². The van der Waals surface area contributed by atoms with Crippen molar-refractivity contribution in [1.29, 1.82) is 0 Å². The number of nitrogens with two attached hydrogens (primary N) is 1. The van der Waals surface area contributed by atoms with Crippen LogP contribution in [-0.2, 0) is 6.42 Å². The molecule has 3 N–H and O–H groups in total. The van der Waals surface area contributed by atoms with E-state index in [0.29, 0.717) is 23.5 Å². The minimum absolute atomic E-state index is 0. The molecule has 3 rings (SSSR count). The van der Waals surface area contributed by atoms with Gasteiger partial charge < -0.3 is 20.5 Å². The van der Waals surface area contributed by atoms with Crippen LogP contribution in [0.25, 0.3) is 0 Å². The standard InChI is InChI=1S/C21H25N5O3.H2/c1-13(16-5-8-24-12-25-16)28-17-9-14(20(27)26-19(22)6-7-23-4)10-18-15(17)11-21(2,3)29-18;/h5-10,12-13,23H,11H2,1-4H3,(H2,22,26,27);1H/b7-6-;. The molecular weight excluding hydrogens is 370 g/mol. The lowest BCUT2D eigenvalue weighted by Gasteiger charge is -2.17. The first-order chi connectivity index (χ1) is 13.8. The van der Waals surface area contributed by atoms with E-state index in [1.165, 1.54) is 12.4 Å². The molecule has 0 saturated heterocycles. The van der Waals surface area contributed by atoms with Crippen LogP contribution in [0.15, 0.2) is 48.0 Å². The smallest absolute Gasteiger partial charge is 0.279 e. The molecule has 0 bridgehead atoms. The van der Waals surface area contributed by atoms with Gasteiger partial charge in [-0.05, 0) is 51.2 Å². The van der Waals surface area contributed by atoms with Crippen LogP contribution in [0, 0.1) is 0 Å². The Hall–Kier alpha value is -3.42. The van der Waals surface area contributed by atoms with Crippen LogP contribution in [-0.4, -0.2) is 34.4 Å². The first-order valence-electron chi connectivity index (χ1n) is 9.30. The molecule has 154 valence electrons. The third kappa shape index (κ3) is 4.90. The summed E-state index contributed by atoms with van der Waals surface area (Å²) in [5.74, 6) is 0.814. The zero-order chi connectivity index (χ0) is 21.0. The maximum Gasteiger partial charge on any atom is 0.279 e. The average Bonchev–Trinajstić information content (AvgIpc) is 3.01. The molecule has 0 aliphatic carbocycles. The number of nitrogens with one attached hydrogen (secondary N) is 1. The number of carbonyl (C=O) groups excluding carboxylic acids is 1. The molecule has 0 spiro atoms. The van der Waals surface area contributed by atoms with Crippen molar-refractivity contribution in [3.8, 4) is 11.5 Å². The fraction of sp³-hybridized carbons (Fsp3) is 0.333. The maximum atomic E-state index is 12.6. The number of aromatic nitrogens is 2. The molecular formula is C21H27N5O3. The summed E-state index contributed by atoms with van der Waals surface area (Å²) in [5.41, 5.74) is 7.38. The van der Waals surface area contributed by atoms with E-state index < -0.39 is 11.5 Å². The molecule has 0 radical (unpaired) electrons. The first-order valence-corrected chi connectivity index (χ1v) is 9.30. The largest absolute Gasteiger partial charge is 0.487 e. The molecule has 0 fully saturated rings. The summed E-state index contributed by atoms with van der Waals surface area (Å²) in [6, 6.07) is 5.16. The van der Waals surface area contributed by atoms with Crippen molar-refractivity contribution < 1.29 is 15.7 Å². The van der Waals surface area contributed by atoms with Gasteiger partial charge in [0, 0.05) is 32.2 Å². The quantitative estimate of drug-likeness (QED) is 0.569. The number of rotatable bonds is 6. The monoisotopic (exact) mass is 397 g/mol. The van der Waals surface area contributed by atoms with Gasteiger partial charge in [-0.1, -0.05) is 0 Å². The Balaban J connectivity index is 0.00000320. The second kappa shape index (κ2) is 8.30. The minimum Gasteiger partial charge on any atom is -0.487 e. The Morgan fingerprint density at radius 1 is 1.48 bits per heavy atom. The second-order valence-electron chi connectivity index (χ2n) is 7.35. The molecule has 0 saturated carbocycles. The van der Waals surface area contributed by atoms with Gasteiger partial charge in [-0.3, -0.25) is 4.79 Å². The lowest BCUT2D eigenvalue weighted by molar-refractivity contribution is 0.1000. The van der Waals surface area contributed by atoms with E-state index in [1.807, 2.05) is 20.8 Å². The summed E-state index contributed by atoms with van der Waals surface area (Å²) in [7, 11) is 1.73. The number of carbonyl (C=O) groups is 1. The predicted octanol–water partition coefficient (Wildman–Crippen LogP) is 2.81. The summed E-state index contributed by atoms with van der Waals surface area (Å²) >= 11 is 0.